The molecular formula is C23H23N3O. The van der Waals surface area contributed by atoms with Crippen LogP contribution in [0.25, 0.3) is 33.1 Å². The Bertz CT molecular complexity index is 1180. The fourth-order valence-corrected chi connectivity index (χ4v) is 4.57. The Hall–Kier alpha value is -2.88. The Labute approximate surface area is 158 Å². The number of nitrogens with zero attached hydrogens (tertiary/aromatic N) is 3. The Morgan fingerprint density at radius 3 is 2.41 bits per heavy atom. The summed E-state index contributed by atoms with van der Waals surface area (Å²) in [6.45, 7) is 0. The maximum absolute atomic E-state index is 13.5. The maximum Gasteiger partial charge on any atom is 0.291 e. The van der Waals surface area contributed by atoms with Crippen LogP contribution < -0.4 is 5.56 Å². The lowest BCUT2D eigenvalue weighted by Crippen LogP contribution is -2.30. The molecule has 2 aromatic carbocycles. The minimum Gasteiger partial charge on any atom is -0.339 e. The van der Waals surface area contributed by atoms with Crippen molar-refractivity contribution in [1.82, 2.24) is 14.3 Å². The first-order valence-corrected chi connectivity index (χ1v) is 9.81. The third-order valence-corrected chi connectivity index (χ3v) is 5.93. The molecule has 1 fully saturated rings. The number of rotatable bonds is 2. The monoisotopic (exact) mass is 357 g/mol. The van der Waals surface area contributed by atoms with Crippen molar-refractivity contribution in [3.8, 4) is 11.3 Å². The number of para-hydroxylation sites is 1. The predicted octanol–water partition coefficient (Wildman–Crippen LogP) is 5.06. The average molecular weight is 357 g/mol. The van der Waals surface area contributed by atoms with Crippen LogP contribution >= 0.6 is 0 Å². The minimum atomic E-state index is 0.0373. The van der Waals surface area contributed by atoms with Crippen molar-refractivity contribution in [1.29, 1.82) is 0 Å². The summed E-state index contributed by atoms with van der Waals surface area (Å²) in [4.78, 5) is 13.5. The Balaban J connectivity index is 1.91. The Kier molecular flexibility index (Phi) is 3.85. The maximum atomic E-state index is 13.5. The quantitative estimate of drug-likeness (QED) is 0.503. The van der Waals surface area contributed by atoms with Crippen LogP contribution in [0, 0.1) is 0 Å². The summed E-state index contributed by atoms with van der Waals surface area (Å²) in [7, 11) is 1.99. The van der Waals surface area contributed by atoms with E-state index < -0.39 is 0 Å². The molecule has 0 N–H and O–H groups in total. The molecule has 0 radical (unpaired) electrons. The van der Waals surface area contributed by atoms with Gasteiger partial charge in [0.15, 0.2) is 0 Å². The molecule has 0 aliphatic heterocycles. The van der Waals surface area contributed by atoms with E-state index in [9.17, 15) is 4.79 Å². The largest absolute Gasteiger partial charge is 0.339 e. The number of hydrogen-bond donors (Lipinski definition) is 0. The molecule has 4 aromatic rings. The van der Waals surface area contributed by atoms with Crippen molar-refractivity contribution in [2.24, 2.45) is 7.05 Å². The number of aryl methyl sites for hydroxylation is 1. The summed E-state index contributed by atoms with van der Waals surface area (Å²) < 4.78 is 3.82. The number of hydrogen-bond acceptors (Lipinski definition) is 2. The zero-order valence-electron chi connectivity index (χ0n) is 15.6. The second kappa shape index (κ2) is 6.38. The van der Waals surface area contributed by atoms with Crippen LogP contribution in [0.1, 0.15) is 38.1 Å². The van der Waals surface area contributed by atoms with E-state index in [1.165, 1.54) is 19.3 Å². The van der Waals surface area contributed by atoms with Gasteiger partial charge >= 0.3 is 0 Å². The second-order valence-corrected chi connectivity index (χ2v) is 7.56. The van der Waals surface area contributed by atoms with Gasteiger partial charge in [-0.3, -0.25) is 4.79 Å². The van der Waals surface area contributed by atoms with Gasteiger partial charge in [-0.2, -0.15) is 5.10 Å². The number of fused-ring (bicyclic) bond motifs is 3. The summed E-state index contributed by atoms with van der Waals surface area (Å²) in [5, 5.41) is 7.01. The minimum absolute atomic E-state index is 0.0373. The first-order chi connectivity index (χ1) is 13.3. The molecule has 1 aliphatic rings. The predicted molar refractivity (Wildman–Crippen MR) is 110 cm³/mol. The third kappa shape index (κ3) is 2.51. The van der Waals surface area contributed by atoms with Crippen molar-refractivity contribution >= 4 is 21.8 Å². The summed E-state index contributed by atoms with van der Waals surface area (Å²) >= 11 is 0. The van der Waals surface area contributed by atoms with E-state index >= 15 is 0 Å². The van der Waals surface area contributed by atoms with E-state index in [1.807, 2.05) is 41.9 Å². The van der Waals surface area contributed by atoms with Crippen molar-refractivity contribution in [3.63, 3.8) is 0 Å². The van der Waals surface area contributed by atoms with Gasteiger partial charge < -0.3 is 4.57 Å². The van der Waals surface area contributed by atoms with Gasteiger partial charge in [0.25, 0.3) is 5.56 Å². The molecule has 0 saturated heterocycles. The summed E-state index contributed by atoms with van der Waals surface area (Å²) in [5.41, 5.74) is 3.84. The van der Waals surface area contributed by atoms with Crippen LogP contribution in [-0.2, 0) is 7.05 Å². The second-order valence-electron chi connectivity index (χ2n) is 7.56. The van der Waals surface area contributed by atoms with Gasteiger partial charge in [-0.25, -0.2) is 4.68 Å². The van der Waals surface area contributed by atoms with E-state index in [4.69, 9.17) is 5.10 Å². The van der Waals surface area contributed by atoms with E-state index in [1.54, 1.807) is 4.68 Å². The SMILES string of the molecule is Cn1c2ccccc2c2c(-c3ccccc3)nn(C3CCCCC3)c(=O)c21. The van der Waals surface area contributed by atoms with Gasteiger partial charge in [-0.1, -0.05) is 67.8 Å². The molecule has 1 saturated carbocycles. The topological polar surface area (TPSA) is 39.8 Å². The van der Waals surface area contributed by atoms with Crippen molar-refractivity contribution < 1.29 is 0 Å². The van der Waals surface area contributed by atoms with Crippen molar-refractivity contribution in [3.05, 3.63) is 65.0 Å². The molecular weight excluding hydrogens is 334 g/mol. The first kappa shape index (κ1) is 16.3. The highest BCUT2D eigenvalue weighted by molar-refractivity contribution is 6.13. The molecule has 0 unspecified atom stereocenters. The molecule has 0 amide bonds. The molecule has 0 bridgehead atoms. The van der Waals surface area contributed by atoms with Gasteiger partial charge in [-0.15, -0.1) is 0 Å². The molecule has 136 valence electrons. The molecule has 2 heterocycles. The first-order valence-electron chi connectivity index (χ1n) is 9.81. The lowest BCUT2D eigenvalue weighted by Gasteiger charge is -2.23. The lowest BCUT2D eigenvalue weighted by molar-refractivity contribution is 0.320. The van der Waals surface area contributed by atoms with Gasteiger partial charge in [0.05, 0.1) is 6.04 Å². The number of benzene rings is 2. The van der Waals surface area contributed by atoms with Crippen molar-refractivity contribution in [2.45, 2.75) is 38.1 Å². The highest BCUT2D eigenvalue weighted by atomic mass is 16.1. The standard InChI is InChI=1S/C23H23N3O/c1-25-19-15-9-8-14-18(19)20-21(16-10-4-2-5-11-16)24-26(23(27)22(20)25)17-12-6-3-7-13-17/h2,4-5,8-11,14-15,17H,3,6-7,12-13H2,1H3. The van der Waals surface area contributed by atoms with E-state index in [0.29, 0.717) is 0 Å². The van der Waals surface area contributed by atoms with E-state index in [0.717, 1.165) is 45.9 Å². The van der Waals surface area contributed by atoms with Crippen LogP contribution in [-0.4, -0.2) is 14.3 Å². The smallest absolute Gasteiger partial charge is 0.291 e. The molecule has 4 nitrogen and oxygen atoms in total. The van der Waals surface area contributed by atoms with Crippen LogP contribution in [0.15, 0.2) is 59.4 Å². The molecule has 4 heteroatoms. The van der Waals surface area contributed by atoms with Gasteiger partial charge in [0.1, 0.15) is 11.2 Å². The Morgan fingerprint density at radius 1 is 0.926 bits per heavy atom. The summed E-state index contributed by atoms with van der Waals surface area (Å²) in [6.07, 6.45) is 5.68. The van der Waals surface area contributed by atoms with E-state index in [-0.39, 0.29) is 11.6 Å². The van der Waals surface area contributed by atoms with Gasteiger partial charge in [-0.05, 0) is 18.9 Å². The zero-order chi connectivity index (χ0) is 18.4. The highest BCUT2D eigenvalue weighted by Crippen LogP contribution is 2.34. The lowest BCUT2D eigenvalue weighted by atomic mass is 9.95. The van der Waals surface area contributed by atoms with E-state index in [2.05, 4.69) is 24.3 Å². The molecule has 5 rings (SSSR count). The van der Waals surface area contributed by atoms with Gasteiger partial charge in [0, 0.05) is 28.9 Å². The van der Waals surface area contributed by atoms with Crippen molar-refractivity contribution in [2.75, 3.05) is 0 Å². The van der Waals surface area contributed by atoms with Crippen LogP contribution in [0.5, 0.6) is 0 Å². The average Bonchev–Trinajstić information content (AvgIpc) is 3.03. The van der Waals surface area contributed by atoms with Crippen LogP contribution in [0.2, 0.25) is 0 Å². The third-order valence-electron chi connectivity index (χ3n) is 5.93. The zero-order valence-corrected chi connectivity index (χ0v) is 15.6. The molecule has 0 spiro atoms. The molecule has 0 atom stereocenters. The van der Waals surface area contributed by atoms with Crippen LogP contribution in [0.4, 0.5) is 0 Å². The fourth-order valence-electron chi connectivity index (χ4n) is 4.57. The summed E-state index contributed by atoms with van der Waals surface area (Å²) in [6, 6.07) is 18.7. The number of aromatic nitrogens is 3. The highest BCUT2D eigenvalue weighted by Gasteiger charge is 2.24. The normalized spacial score (nSPS) is 15.6. The molecule has 27 heavy (non-hydrogen) atoms. The van der Waals surface area contributed by atoms with Crippen LogP contribution in [0.3, 0.4) is 0 Å². The summed E-state index contributed by atoms with van der Waals surface area (Å²) in [5.74, 6) is 0. The van der Waals surface area contributed by atoms with Gasteiger partial charge in [0.2, 0.25) is 0 Å². The Morgan fingerprint density at radius 2 is 1.63 bits per heavy atom. The molecule has 2 aromatic heterocycles. The molecule has 1 aliphatic carbocycles. The fraction of sp³-hybridized carbons (Fsp3) is 0.304.